The van der Waals surface area contributed by atoms with Crippen molar-refractivity contribution in [3.05, 3.63) is 52.8 Å². The summed E-state index contributed by atoms with van der Waals surface area (Å²) in [4.78, 5) is 27.4. The lowest BCUT2D eigenvalue weighted by molar-refractivity contribution is -0.127. The van der Waals surface area contributed by atoms with Crippen LogP contribution < -0.4 is 5.32 Å². The lowest BCUT2D eigenvalue weighted by atomic mass is 10.0. The average molecular weight is 635 g/mol. The molecule has 0 unspecified atom stereocenters. The Morgan fingerprint density at radius 1 is 1.04 bits per heavy atom. The van der Waals surface area contributed by atoms with Crippen LogP contribution in [0.25, 0.3) is 21.1 Å². The van der Waals surface area contributed by atoms with E-state index in [9.17, 15) is 23.2 Å². The molecule has 45 heavy (non-hydrogen) atoms. The fourth-order valence-electron chi connectivity index (χ4n) is 6.25. The predicted molar refractivity (Wildman–Crippen MR) is 168 cm³/mol. The highest BCUT2D eigenvalue weighted by Crippen LogP contribution is 2.33. The molecule has 3 aromatic heterocycles. The van der Waals surface area contributed by atoms with E-state index in [0.29, 0.717) is 41.4 Å². The number of anilines is 1. The molecule has 13 heteroatoms. The number of nitrogens with zero attached hydrogens (tertiary/aromatic N) is 7. The number of rotatable bonds is 8. The largest absolute Gasteiger partial charge is 0.393 e. The Hall–Kier alpha value is -4.17. The number of piperazine rings is 1. The molecule has 0 saturated carbocycles. The average Bonchev–Trinajstić information content (AvgIpc) is 3.60. The third-order valence-corrected chi connectivity index (χ3v) is 9.64. The SMILES string of the molecule is C#CC(=O)N1CCN(CCn2c(C#N)cc3cc(CN4CCC(Nc5ncnc6sc(CC(F)(F)F)cc56)CC4)ccc32)CC1. The number of fused-ring (bicyclic) bond motifs is 2. The molecule has 1 aromatic carbocycles. The molecule has 6 rings (SSSR count). The van der Waals surface area contributed by atoms with Crippen molar-refractivity contribution in [2.75, 3.05) is 51.1 Å². The normalized spacial score (nSPS) is 17.0. The summed E-state index contributed by atoms with van der Waals surface area (Å²) in [6, 6.07) is 12.4. The Morgan fingerprint density at radius 2 is 1.82 bits per heavy atom. The number of alkyl halides is 3. The first kappa shape index (κ1) is 30.8. The first-order chi connectivity index (χ1) is 21.7. The molecule has 2 aliphatic heterocycles. The molecule has 2 fully saturated rings. The van der Waals surface area contributed by atoms with E-state index in [1.165, 1.54) is 11.9 Å². The Labute approximate surface area is 263 Å². The van der Waals surface area contributed by atoms with Crippen LogP contribution in [0.1, 0.15) is 29.0 Å². The van der Waals surface area contributed by atoms with Crippen LogP contribution in [-0.2, 0) is 24.3 Å². The number of nitrogens with one attached hydrogen (secondary N) is 1. The third-order valence-electron chi connectivity index (χ3n) is 8.59. The van der Waals surface area contributed by atoms with Crippen molar-refractivity contribution in [3.8, 4) is 18.4 Å². The molecule has 1 amide bonds. The van der Waals surface area contributed by atoms with Crippen molar-refractivity contribution in [2.45, 2.75) is 44.6 Å². The number of thiophene rings is 1. The van der Waals surface area contributed by atoms with Gasteiger partial charge in [0, 0.05) is 80.7 Å². The van der Waals surface area contributed by atoms with Crippen LogP contribution in [0.15, 0.2) is 36.7 Å². The number of hydrogen-bond acceptors (Lipinski definition) is 8. The Kier molecular flexibility index (Phi) is 8.95. The smallest absolute Gasteiger partial charge is 0.367 e. The van der Waals surface area contributed by atoms with Gasteiger partial charge in [0.25, 0.3) is 5.91 Å². The molecular weight excluding hydrogens is 601 g/mol. The van der Waals surface area contributed by atoms with E-state index in [0.717, 1.165) is 74.3 Å². The zero-order valence-corrected chi connectivity index (χ0v) is 25.5. The minimum Gasteiger partial charge on any atom is -0.367 e. The monoisotopic (exact) mass is 634 g/mol. The van der Waals surface area contributed by atoms with Gasteiger partial charge in [-0.1, -0.05) is 6.07 Å². The number of aromatic nitrogens is 3. The summed E-state index contributed by atoms with van der Waals surface area (Å²) in [5.74, 6) is 2.51. The third kappa shape index (κ3) is 7.22. The molecule has 0 bridgehead atoms. The van der Waals surface area contributed by atoms with Gasteiger partial charge >= 0.3 is 6.18 Å². The van der Waals surface area contributed by atoms with Gasteiger partial charge in [-0.15, -0.1) is 17.8 Å². The van der Waals surface area contributed by atoms with E-state index in [-0.39, 0.29) is 16.8 Å². The number of amides is 1. The summed E-state index contributed by atoms with van der Waals surface area (Å²) in [5, 5.41) is 15.0. The summed E-state index contributed by atoms with van der Waals surface area (Å²) in [5.41, 5.74) is 2.84. The second kappa shape index (κ2) is 13.1. The highest BCUT2D eigenvalue weighted by Gasteiger charge is 2.29. The molecule has 0 radical (unpaired) electrons. The highest BCUT2D eigenvalue weighted by molar-refractivity contribution is 7.18. The number of carbonyl (C=O) groups is 1. The maximum atomic E-state index is 12.9. The maximum Gasteiger partial charge on any atom is 0.393 e. The number of hydrogen-bond donors (Lipinski definition) is 1. The van der Waals surface area contributed by atoms with Gasteiger partial charge in [-0.2, -0.15) is 18.4 Å². The number of likely N-dealkylation sites (tertiary alicyclic amines) is 1. The van der Waals surface area contributed by atoms with Crippen LogP contribution >= 0.6 is 11.3 Å². The number of terminal acetylenes is 1. The maximum absolute atomic E-state index is 12.9. The van der Waals surface area contributed by atoms with E-state index in [2.05, 4.69) is 59.8 Å². The van der Waals surface area contributed by atoms with Crippen LogP contribution in [0.2, 0.25) is 0 Å². The van der Waals surface area contributed by atoms with Crippen molar-refractivity contribution in [1.29, 1.82) is 5.26 Å². The van der Waals surface area contributed by atoms with Gasteiger partial charge in [-0.05, 0) is 48.6 Å². The van der Waals surface area contributed by atoms with E-state index in [1.807, 2.05) is 6.07 Å². The van der Waals surface area contributed by atoms with Crippen LogP contribution in [-0.4, -0.2) is 93.2 Å². The molecule has 0 atom stereocenters. The summed E-state index contributed by atoms with van der Waals surface area (Å²) >= 11 is 1.06. The van der Waals surface area contributed by atoms with Crippen LogP contribution in [0.4, 0.5) is 19.0 Å². The second-order valence-corrected chi connectivity index (χ2v) is 12.7. The zero-order valence-electron chi connectivity index (χ0n) is 24.7. The number of piperidine rings is 1. The first-order valence-corrected chi connectivity index (χ1v) is 15.8. The predicted octanol–water partition coefficient (Wildman–Crippen LogP) is 4.48. The van der Waals surface area contributed by atoms with Crippen molar-refractivity contribution in [3.63, 3.8) is 0 Å². The molecule has 2 saturated heterocycles. The second-order valence-electron chi connectivity index (χ2n) is 11.6. The zero-order chi connectivity index (χ0) is 31.6. The molecule has 0 aliphatic carbocycles. The summed E-state index contributed by atoms with van der Waals surface area (Å²) in [7, 11) is 0. The minimum absolute atomic E-state index is 0.167. The number of nitriles is 1. The Bertz CT molecular complexity index is 1770. The van der Waals surface area contributed by atoms with Gasteiger partial charge in [0.1, 0.15) is 28.7 Å². The van der Waals surface area contributed by atoms with Gasteiger partial charge in [0.05, 0.1) is 11.8 Å². The van der Waals surface area contributed by atoms with E-state index < -0.39 is 12.6 Å². The molecule has 9 nitrogen and oxygen atoms in total. The summed E-state index contributed by atoms with van der Waals surface area (Å²) in [6.45, 7) is 6.74. The Balaban J connectivity index is 1.03. The van der Waals surface area contributed by atoms with Crippen molar-refractivity contribution >= 4 is 44.2 Å². The topological polar surface area (TPSA) is 93.3 Å². The van der Waals surface area contributed by atoms with E-state index in [4.69, 9.17) is 6.42 Å². The minimum atomic E-state index is -4.26. The summed E-state index contributed by atoms with van der Waals surface area (Å²) in [6.07, 6.45) is 3.19. The summed E-state index contributed by atoms with van der Waals surface area (Å²) < 4.78 is 40.8. The fraction of sp³-hybridized carbons (Fsp3) is 0.438. The molecule has 4 aromatic rings. The number of halogens is 3. The van der Waals surface area contributed by atoms with Crippen LogP contribution in [0.5, 0.6) is 0 Å². The Morgan fingerprint density at radius 3 is 2.53 bits per heavy atom. The fourth-order valence-corrected chi connectivity index (χ4v) is 7.28. The van der Waals surface area contributed by atoms with Crippen molar-refractivity contribution in [1.82, 2.24) is 29.2 Å². The molecule has 5 heterocycles. The first-order valence-electron chi connectivity index (χ1n) is 15.0. The van der Waals surface area contributed by atoms with Crippen molar-refractivity contribution < 1.29 is 18.0 Å². The van der Waals surface area contributed by atoms with Crippen LogP contribution in [0.3, 0.4) is 0 Å². The van der Waals surface area contributed by atoms with E-state index >= 15 is 0 Å². The van der Waals surface area contributed by atoms with Gasteiger partial charge in [-0.25, -0.2) is 9.97 Å². The lowest BCUT2D eigenvalue weighted by Gasteiger charge is -2.33. The van der Waals surface area contributed by atoms with Gasteiger partial charge in [0.2, 0.25) is 0 Å². The highest BCUT2D eigenvalue weighted by atomic mass is 32.1. The molecule has 0 spiro atoms. The number of carbonyl (C=O) groups excluding carboxylic acids is 1. The number of benzene rings is 1. The van der Waals surface area contributed by atoms with Gasteiger partial charge in [0.15, 0.2) is 0 Å². The van der Waals surface area contributed by atoms with Crippen molar-refractivity contribution in [2.24, 2.45) is 0 Å². The molecule has 2 aliphatic rings. The van der Waals surface area contributed by atoms with E-state index in [1.54, 1.807) is 11.0 Å². The molecule has 1 N–H and O–H groups in total. The standard InChI is InChI=1S/C32H33F3N8OS/c1-2-29(44)42-12-9-40(10-13-42)11-14-43-25(19-36)16-23-15-22(3-4-28(23)43)20-41-7-5-24(6-8-41)39-30-27-17-26(18-32(33,34)35)45-31(27)38-21-37-30/h1,3-4,15-17,21,24H,5-14,18,20H2,(H,37,38,39). The quantitative estimate of drug-likeness (QED) is 0.286. The molecule has 234 valence electrons. The molecular formula is C32H33F3N8OS. The van der Waals surface area contributed by atoms with Gasteiger partial charge < -0.3 is 14.8 Å². The van der Waals surface area contributed by atoms with Crippen LogP contribution in [0, 0.1) is 23.7 Å². The van der Waals surface area contributed by atoms with Gasteiger partial charge in [-0.3, -0.25) is 14.6 Å². The lowest BCUT2D eigenvalue weighted by Crippen LogP contribution is -2.49.